The molecule has 0 saturated carbocycles. The predicted octanol–water partition coefficient (Wildman–Crippen LogP) is 3.53. The molecule has 0 spiro atoms. The molecule has 2 aromatic carbocycles. The molecule has 140 valence electrons. The topological polar surface area (TPSA) is 92.6 Å². The summed E-state index contributed by atoms with van der Waals surface area (Å²) in [5.41, 5.74) is 0.805. The Morgan fingerprint density at radius 2 is 1.67 bits per heavy atom. The zero-order valence-corrected chi connectivity index (χ0v) is 15.4. The van der Waals surface area contributed by atoms with Crippen molar-refractivity contribution < 1.29 is 14.5 Å². The van der Waals surface area contributed by atoms with Gasteiger partial charge in [-0.25, -0.2) is 0 Å². The molecular weight excluding hydrogens is 346 g/mol. The molecule has 2 unspecified atom stereocenters. The maximum absolute atomic E-state index is 12.8. The van der Waals surface area contributed by atoms with E-state index < -0.39 is 22.4 Å². The summed E-state index contributed by atoms with van der Waals surface area (Å²) in [4.78, 5) is 37.6. The van der Waals surface area contributed by atoms with Crippen LogP contribution in [0, 0.1) is 16.0 Å². The molecule has 7 nitrogen and oxygen atoms in total. The fraction of sp³-hybridized carbons (Fsp3) is 0.300. The highest BCUT2D eigenvalue weighted by molar-refractivity contribution is 6.11. The Morgan fingerprint density at radius 3 is 2.19 bits per heavy atom. The van der Waals surface area contributed by atoms with E-state index in [1.165, 1.54) is 12.1 Å². The van der Waals surface area contributed by atoms with Crippen molar-refractivity contribution in [3.63, 3.8) is 0 Å². The normalized spacial score (nSPS) is 19.4. The molecule has 1 fully saturated rings. The van der Waals surface area contributed by atoms with Crippen molar-refractivity contribution in [2.75, 3.05) is 5.32 Å². The first kappa shape index (κ1) is 18.6. The summed E-state index contributed by atoms with van der Waals surface area (Å²) in [5.74, 6) is -1.50. The third-order valence-electron chi connectivity index (χ3n) is 4.59. The number of para-hydroxylation sites is 1. The molecule has 7 heteroatoms. The number of likely N-dealkylation sites (tertiary alicyclic amines) is 1. The van der Waals surface area contributed by atoms with Crippen molar-refractivity contribution in [3.05, 3.63) is 70.3 Å². The predicted molar refractivity (Wildman–Crippen MR) is 101 cm³/mol. The van der Waals surface area contributed by atoms with Gasteiger partial charge in [0.15, 0.2) is 0 Å². The van der Waals surface area contributed by atoms with Crippen molar-refractivity contribution in [2.45, 2.75) is 32.4 Å². The minimum atomic E-state index is -0.870. The number of nitrogens with zero attached hydrogens (tertiary/aromatic N) is 2. The number of hydrogen-bond acceptors (Lipinski definition) is 4. The molecule has 1 N–H and O–H groups in total. The monoisotopic (exact) mass is 367 g/mol. The molecule has 0 aliphatic carbocycles. The average molecular weight is 367 g/mol. The Balaban J connectivity index is 1.91. The fourth-order valence-corrected chi connectivity index (χ4v) is 3.37. The van der Waals surface area contributed by atoms with Crippen LogP contribution >= 0.6 is 0 Å². The Labute approximate surface area is 157 Å². The number of carbonyl (C=O) groups excluding carboxylic acids is 2. The number of β-lactam (4-membered cyclic amide) rings is 1. The van der Waals surface area contributed by atoms with Crippen LogP contribution in [-0.4, -0.2) is 27.2 Å². The van der Waals surface area contributed by atoms with E-state index in [2.05, 4.69) is 5.32 Å². The molecule has 1 aliphatic rings. The van der Waals surface area contributed by atoms with E-state index in [1.54, 1.807) is 41.3 Å². The number of non-ortho nitro benzene ring substituents is 1. The number of carbonyl (C=O) groups is 2. The van der Waals surface area contributed by atoms with Gasteiger partial charge >= 0.3 is 0 Å². The quantitative estimate of drug-likeness (QED) is 0.387. The first-order chi connectivity index (χ1) is 12.7. The van der Waals surface area contributed by atoms with Crippen molar-refractivity contribution in [1.29, 1.82) is 0 Å². The minimum absolute atomic E-state index is 0.0306. The van der Waals surface area contributed by atoms with Gasteiger partial charge in [-0.05, 0) is 38.5 Å². The average Bonchev–Trinajstić information content (AvgIpc) is 2.59. The van der Waals surface area contributed by atoms with E-state index in [4.69, 9.17) is 0 Å². The molecule has 0 aromatic heterocycles. The van der Waals surface area contributed by atoms with E-state index in [0.717, 1.165) is 0 Å². The van der Waals surface area contributed by atoms with Gasteiger partial charge in [-0.3, -0.25) is 19.7 Å². The summed E-state index contributed by atoms with van der Waals surface area (Å²) in [5, 5.41) is 13.7. The van der Waals surface area contributed by atoms with Crippen LogP contribution in [-0.2, 0) is 9.59 Å². The first-order valence-corrected chi connectivity index (χ1v) is 8.63. The Bertz CT molecular complexity index is 872. The number of hydrogen-bond donors (Lipinski definition) is 1. The third kappa shape index (κ3) is 3.53. The molecule has 27 heavy (non-hydrogen) atoms. The van der Waals surface area contributed by atoms with Crippen LogP contribution in [0.25, 0.3) is 0 Å². The largest absolute Gasteiger partial charge is 0.329 e. The summed E-state index contributed by atoms with van der Waals surface area (Å²) >= 11 is 0. The van der Waals surface area contributed by atoms with Gasteiger partial charge in [0.05, 0.1) is 11.0 Å². The van der Waals surface area contributed by atoms with E-state index >= 15 is 0 Å². The number of anilines is 1. The molecule has 1 heterocycles. The van der Waals surface area contributed by atoms with Gasteiger partial charge in [0.25, 0.3) is 5.69 Å². The highest BCUT2D eigenvalue weighted by Crippen LogP contribution is 2.45. The lowest BCUT2D eigenvalue weighted by atomic mass is 9.78. The third-order valence-corrected chi connectivity index (χ3v) is 4.59. The molecule has 0 bridgehead atoms. The zero-order chi connectivity index (χ0) is 19.8. The SMILES string of the molecule is CC(C)(C)N1C(=O)C(C(=O)Nc2ccccc2)C1c1ccc([N+](=O)[O-])cc1. The summed E-state index contributed by atoms with van der Waals surface area (Å²) < 4.78 is 0. The number of rotatable bonds is 4. The van der Waals surface area contributed by atoms with Crippen molar-refractivity contribution in [2.24, 2.45) is 5.92 Å². The van der Waals surface area contributed by atoms with Crippen LogP contribution in [0.5, 0.6) is 0 Å². The van der Waals surface area contributed by atoms with Crippen LogP contribution in [0.15, 0.2) is 54.6 Å². The number of benzene rings is 2. The molecule has 1 aliphatic heterocycles. The van der Waals surface area contributed by atoms with Crippen molar-refractivity contribution in [3.8, 4) is 0 Å². The maximum Gasteiger partial charge on any atom is 0.269 e. The molecular formula is C20H21N3O4. The lowest BCUT2D eigenvalue weighted by Crippen LogP contribution is -2.65. The fourth-order valence-electron chi connectivity index (χ4n) is 3.37. The molecule has 2 amide bonds. The van der Waals surface area contributed by atoms with Gasteiger partial charge in [0.2, 0.25) is 11.8 Å². The van der Waals surface area contributed by atoms with Crippen LogP contribution < -0.4 is 5.32 Å². The summed E-state index contributed by atoms with van der Waals surface area (Å²) in [7, 11) is 0. The molecule has 2 atom stereocenters. The van der Waals surface area contributed by atoms with Crippen LogP contribution in [0.2, 0.25) is 0 Å². The van der Waals surface area contributed by atoms with E-state index in [9.17, 15) is 19.7 Å². The second kappa shape index (κ2) is 6.83. The zero-order valence-electron chi connectivity index (χ0n) is 15.4. The molecule has 1 saturated heterocycles. The minimum Gasteiger partial charge on any atom is -0.329 e. The van der Waals surface area contributed by atoms with E-state index in [-0.39, 0.29) is 17.5 Å². The van der Waals surface area contributed by atoms with Gasteiger partial charge in [-0.2, -0.15) is 0 Å². The lowest BCUT2D eigenvalue weighted by molar-refractivity contribution is -0.384. The second-order valence-corrected chi connectivity index (χ2v) is 7.51. The van der Waals surface area contributed by atoms with Gasteiger partial charge in [0.1, 0.15) is 5.92 Å². The van der Waals surface area contributed by atoms with Crippen LogP contribution in [0.1, 0.15) is 32.4 Å². The highest BCUT2D eigenvalue weighted by atomic mass is 16.6. The van der Waals surface area contributed by atoms with Crippen molar-refractivity contribution in [1.82, 2.24) is 4.90 Å². The van der Waals surface area contributed by atoms with Crippen LogP contribution in [0.3, 0.4) is 0 Å². The highest BCUT2D eigenvalue weighted by Gasteiger charge is 2.55. The van der Waals surface area contributed by atoms with Gasteiger partial charge in [-0.1, -0.05) is 30.3 Å². The molecule has 3 rings (SSSR count). The number of amides is 2. The summed E-state index contributed by atoms with van der Waals surface area (Å²) in [6.45, 7) is 5.69. The Kier molecular flexibility index (Phi) is 4.70. The Morgan fingerprint density at radius 1 is 1.07 bits per heavy atom. The number of nitrogens with one attached hydrogen (secondary N) is 1. The lowest BCUT2D eigenvalue weighted by Gasteiger charge is -2.53. The standard InChI is InChI=1S/C20H21N3O4/c1-20(2,3)22-17(13-9-11-15(12-10-13)23(26)27)16(19(22)25)18(24)21-14-7-5-4-6-8-14/h4-12,16-17H,1-3H3,(H,21,24). The molecule has 2 aromatic rings. The van der Waals surface area contributed by atoms with E-state index in [0.29, 0.717) is 11.3 Å². The van der Waals surface area contributed by atoms with E-state index in [1.807, 2.05) is 26.8 Å². The second-order valence-electron chi connectivity index (χ2n) is 7.51. The maximum atomic E-state index is 12.8. The number of nitro groups is 1. The van der Waals surface area contributed by atoms with Gasteiger partial charge in [-0.15, -0.1) is 0 Å². The number of nitro benzene ring substituents is 1. The smallest absolute Gasteiger partial charge is 0.269 e. The summed E-state index contributed by atoms with van der Waals surface area (Å²) in [6, 6.07) is 14.5. The first-order valence-electron chi connectivity index (χ1n) is 8.63. The summed E-state index contributed by atoms with van der Waals surface area (Å²) in [6.07, 6.45) is 0. The molecule has 0 radical (unpaired) electrons. The van der Waals surface area contributed by atoms with Crippen LogP contribution in [0.4, 0.5) is 11.4 Å². The van der Waals surface area contributed by atoms with Gasteiger partial charge in [0, 0.05) is 23.4 Å². The Hall–Kier alpha value is -3.22. The van der Waals surface area contributed by atoms with Gasteiger partial charge < -0.3 is 10.2 Å². The van der Waals surface area contributed by atoms with Crippen molar-refractivity contribution >= 4 is 23.2 Å².